The number of hydrogen-bond acceptors (Lipinski definition) is 3. The Hall–Kier alpha value is -6.35. The summed E-state index contributed by atoms with van der Waals surface area (Å²) in [4.78, 5) is 10.4. The number of aryl methyl sites for hydroxylation is 1. The number of aromatic nitrogens is 3. The first-order valence-electron chi connectivity index (χ1n) is 27.7. The van der Waals surface area contributed by atoms with Gasteiger partial charge in [-0.1, -0.05) is 203 Å². The molecular formula is C65H66N3OPt-. The molecule has 0 aliphatic carbocycles. The molecule has 9 aromatic rings. The third kappa shape index (κ3) is 9.86. The minimum absolute atomic E-state index is 0. The number of para-hydroxylation sites is 1. The average Bonchev–Trinajstić information content (AvgIpc) is 3.91. The fourth-order valence-corrected chi connectivity index (χ4v) is 8.98. The van der Waals surface area contributed by atoms with E-state index in [0.29, 0.717) is 61.6 Å². The Kier molecular flexibility index (Phi) is 10.8. The van der Waals surface area contributed by atoms with Crippen LogP contribution in [-0.4, -0.2) is 19.6 Å². The van der Waals surface area contributed by atoms with Gasteiger partial charge in [-0.3, -0.25) is 9.55 Å². The normalized spacial score (nSPS) is 14.1. The van der Waals surface area contributed by atoms with Crippen LogP contribution in [0.4, 0.5) is 0 Å². The van der Waals surface area contributed by atoms with Crippen LogP contribution < -0.4 is 0 Å². The maximum absolute atomic E-state index is 12.8. The minimum atomic E-state index is -2.49. The zero-order valence-corrected chi connectivity index (χ0v) is 44.5. The molecule has 2 heterocycles. The predicted octanol–water partition coefficient (Wildman–Crippen LogP) is 17.4. The third-order valence-corrected chi connectivity index (χ3v) is 13.1. The summed E-state index contributed by atoms with van der Waals surface area (Å²) in [5.41, 5.74) is 11.0. The molecule has 0 fully saturated rings. The van der Waals surface area contributed by atoms with Crippen molar-refractivity contribution in [2.75, 3.05) is 0 Å². The Morgan fingerprint density at radius 3 is 1.83 bits per heavy atom. The number of phenolic OH excluding ortho intramolecular Hbond substituents is 1. The Morgan fingerprint density at radius 1 is 0.543 bits per heavy atom. The van der Waals surface area contributed by atoms with E-state index >= 15 is 0 Å². The number of imidazole rings is 1. The van der Waals surface area contributed by atoms with Crippen molar-refractivity contribution in [3.63, 3.8) is 0 Å². The Bertz CT molecular complexity index is 3750. The van der Waals surface area contributed by atoms with E-state index in [4.69, 9.17) is 20.9 Å². The van der Waals surface area contributed by atoms with Crippen LogP contribution in [-0.2, 0) is 42.7 Å². The molecule has 5 heteroatoms. The van der Waals surface area contributed by atoms with Crippen molar-refractivity contribution in [2.45, 2.75) is 112 Å². The quantitative estimate of drug-likeness (QED) is 0.162. The van der Waals surface area contributed by atoms with E-state index in [-0.39, 0.29) is 66.3 Å². The molecule has 4 nitrogen and oxygen atoms in total. The van der Waals surface area contributed by atoms with Gasteiger partial charge in [0.05, 0.1) is 29.1 Å². The number of aromatic hydroxyl groups is 1. The van der Waals surface area contributed by atoms with Crippen LogP contribution in [0.15, 0.2) is 158 Å². The maximum atomic E-state index is 12.8. The smallest absolute Gasteiger partial charge is 0.148 e. The van der Waals surface area contributed by atoms with Crippen molar-refractivity contribution in [3.8, 4) is 78.6 Å². The summed E-state index contributed by atoms with van der Waals surface area (Å²) in [6, 6.07) is 41.1. The Labute approximate surface area is 442 Å². The molecule has 7 aromatic carbocycles. The first-order valence-corrected chi connectivity index (χ1v) is 23.7. The number of pyridine rings is 1. The summed E-state index contributed by atoms with van der Waals surface area (Å²) in [5.74, 6) is 0.547. The van der Waals surface area contributed by atoms with Gasteiger partial charge in [-0.15, -0.1) is 29.3 Å². The summed E-state index contributed by atoms with van der Waals surface area (Å²) in [6.45, 7) is 23.1. The molecule has 0 aliphatic rings. The van der Waals surface area contributed by atoms with Gasteiger partial charge < -0.3 is 5.11 Å². The molecular weight excluding hydrogens is 1030 g/mol. The second-order valence-electron chi connectivity index (χ2n) is 22.3. The Morgan fingerprint density at radius 2 is 1.19 bits per heavy atom. The summed E-state index contributed by atoms with van der Waals surface area (Å²) in [5, 5.41) is 12.8. The van der Waals surface area contributed by atoms with Crippen LogP contribution >= 0.6 is 0 Å². The van der Waals surface area contributed by atoms with Gasteiger partial charge in [-0.05, 0) is 103 Å². The van der Waals surface area contributed by atoms with Crippen molar-refractivity contribution in [3.05, 3.63) is 192 Å². The summed E-state index contributed by atoms with van der Waals surface area (Å²) in [6.07, 6.45) is 1.58. The van der Waals surface area contributed by atoms with Gasteiger partial charge in [0, 0.05) is 48.2 Å². The van der Waals surface area contributed by atoms with Gasteiger partial charge in [0.2, 0.25) is 0 Å². The molecule has 0 spiro atoms. The van der Waals surface area contributed by atoms with Crippen molar-refractivity contribution >= 4 is 11.0 Å². The second-order valence-corrected chi connectivity index (χ2v) is 22.3. The molecule has 1 N–H and O–H groups in total. The van der Waals surface area contributed by atoms with Gasteiger partial charge in [0.15, 0.2) is 0 Å². The van der Waals surface area contributed by atoms with Crippen LogP contribution in [0, 0.1) is 12.9 Å². The Balaban J connectivity index is 0.00000803. The third-order valence-electron chi connectivity index (χ3n) is 13.1. The van der Waals surface area contributed by atoms with Crippen LogP contribution in [0.3, 0.4) is 0 Å². The molecule has 2 aromatic heterocycles. The molecule has 0 amide bonds. The molecule has 358 valence electrons. The van der Waals surface area contributed by atoms with E-state index in [9.17, 15) is 5.11 Å². The van der Waals surface area contributed by atoms with Crippen LogP contribution in [0.1, 0.15) is 122 Å². The van der Waals surface area contributed by atoms with Crippen LogP contribution in [0.2, 0.25) is 0 Å². The number of benzene rings is 7. The molecule has 0 saturated carbocycles. The van der Waals surface area contributed by atoms with Crippen LogP contribution in [0.5, 0.6) is 5.75 Å². The minimum Gasteiger partial charge on any atom is -0.507 e. The monoisotopic (exact) mass is 1110 g/mol. The van der Waals surface area contributed by atoms with Gasteiger partial charge in [0.25, 0.3) is 0 Å². The first-order chi connectivity index (χ1) is 35.8. The van der Waals surface area contributed by atoms with E-state index in [1.165, 1.54) is 0 Å². The van der Waals surface area contributed by atoms with Crippen LogP contribution in [0.25, 0.3) is 83.9 Å². The van der Waals surface area contributed by atoms with Gasteiger partial charge >= 0.3 is 0 Å². The fourth-order valence-electron chi connectivity index (χ4n) is 8.98. The van der Waals surface area contributed by atoms with Gasteiger partial charge in [-0.2, -0.15) is 0 Å². The summed E-state index contributed by atoms with van der Waals surface area (Å²) < 4.78 is 71.5. The number of hydrogen-bond donors (Lipinski definition) is 1. The second kappa shape index (κ2) is 18.8. The average molecular weight is 1110 g/mol. The number of nitrogens with zero attached hydrogens (tertiary/aromatic N) is 3. The summed E-state index contributed by atoms with van der Waals surface area (Å²) >= 11 is 0. The standard InChI is InChI=1S/C65H66N3O.Pt/c1-41-33-53(44-27-29-48(30-28-44)62(2,3)4)58(40-52(41)43-23-18-15-19-24-43)68-57-26-20-25-51(59(57)67-61(68)54-38-50(64(8,9)10)39-55(60(54)69)65(11,12)13)46-34-47(36-49(35-46)63(5,6)7)56-37-45(31-32-66-56)42-21-16-14-17-22-42;/h14-33,35-40,69H,1-13H3;/q-1;/i1D3,14D,16D,17D,21D,22D;. The zero-order chi connectivity index (χ0) is 56.1. The largest absolute Gasteiger partial charge is 0.507 e. The SMILES string of the molecule is [2H]c1c([2H])c([2H])c(-c2ccnc(-c3[c-]c(-c4cccc5c4nc(-c4cc(C(C)(C)C)cc(C(C)(C)C)c4O)n5-c4cc(-c5ccccc5)c(C([2H])([2H])[2H])cc4-c4ccc(C(C)(C)C)cc4)cc(C(C)(C)C)c3)c2)c([2H])c1[2H].[Pt]. The van der Waals surface area contributed by atoms with E-state index in [1.807, 2.05) is 66.7 Å². The molecule has 9 rings (SSSR count). The number of phenols is 1. The van der Waals surface area contributed by atoms with Crippen molar-refractivity contribution in [2.24, 2.45) is 0 Å². The van der Waals surface area contributed by atoms with Gasteiger partial charge in [0.1, 0.15) is 11.6 Å². The molecule has 70 heavy (non-hydrogen) atoms. The molecule has 0 radical (unpaired) electrons. The fraction of sp³-hybridized carbons (Fsp3) is 0.262. The molecule has 0 atom stereocenters. The van der Waals surface area contributed by atoms with Crippen molar-refractivity contribution in [1.82, 2.24) is 14.5 Å². The topological polar surface area (TPSA) is 50.9 Å². The number of rotatable bonds is 7. The molecule has 0 saturated heterocycles. The van der Waals surface area contributed by atoms with Crippen molar-refractivity contribution in [1.29, 1.82) is 0 Å². The molecule has 0 aliphatic heterocycles. The predicted molar refractivity (Wildman–Crippen MR) is 292 cm³/mol. The van der Waals surface area contributed by atoms with E-state index in [0.717, 1.165) is 38.9 Å². The molecule has 0 unspecified atom stereocenters. The zero-order valence-electron chi connectivity index (χ0n) is 50.2. The van der Waals surface area contributed by atoms with Gasteiger partial charge in [-0.25, -0.2) is 4.98 Å². The summed E-state index contributed by atoms with van der Waals surface area (Å²) in [7, 11) is 0. The first kappa shape index (κ1) is 40.4. The van der Waals surface area contributed by atoms with E-state index in [1.54, 1.807) is 24.4 Å². The van der Waals surface area contributed by atoms with E-state index < -0.39 is 30.4 Å². The van der Waals surface area contributed by atoms with Crippen molar-refractivity contribution < 1.29 is 37.1 Å². The number of fused-ring (bicyclic) bond motifs is 1. The molecule has 0 bridgehead atoms. The maximum Gasteiger partial charge on any atom is 0.148 e. The van der Waals surface area contributed by atoms with E-state index in [2.05, 4.69) is 130 Å².